The van der Waals surface area contributed by atoms with E-state index < -0.39 is 5.82 Å². The molecule has 2 rings (SSSR count). The van der Waals surface area contributed by atoms with Gasteiger partial charge in [-0.25, -0.2) is 9.07 Å². The second-order valence-electron chi connectivity index (χ2n) is 4.06. The molecule has 2 N–H and O–H groups in total. The quantitative estimate of drug-likeness (QED) is 0.898. The number of nitrogens with zero attached hydrogens (tertiary/aromatic N) is 3. The molecule has 0 aliphatic heterocycles. The van der Waals surface area contributed by atoms with Gasteiger partial charge in [0.05, 0.1) is 11.9 Å². The first-order valence-electron chi connectivity index (χ1n) is 5.63. The lowest BCUT2D eigenvalue weighted by atomic mass is 10.1. The van der Waals surface area contributed by atoms with Crippen molar-refractivity contribution in [2.24, 2.45) is 5.73 Å². The van der Waals surface area contributed by atoms with E-state index in [-0.39, 0.29) is 25.3 Å². The highest BCUT2D eigenvalue weighted by molar-refractivity contribution is 6.31. The van der Waals surface area contributed by atoms with Crippen LogP contribution in [0.1, 0.15) is 11.3 Å². The molecule has 0 fully saturated rings. The number of carbonyl (C=O) groups is 1. The molecular weight excluding hydrogens is 271 g/mol. The molecule has 0 unspecified atom stereocenters. The maximum Gasteiger partial charge on any atom is 0.158 e. The molecule has 0 saturated carbocycles. The van der Waals surface area contributed by atoms with E-state index in [0.29, 0.717) is 16.3 Å². The smallest absolute Gasteiger partial charge is 0.158 e. The van der Waals surface area contributed by atoms with Crippen molar-refractivity contribution < 1.29 is 9.18 Å². The van der Waals surface area contributed by atoms with Gasteiger partial charge in [-0.3, -0.25) is 4.79 Å². The van der Waals surface area contributed by atoms with Gasteiger partial charge in [0.15, 0.2) is 5.78 Å². The van der Waals surface area contributed by atoms with Crippen LogP contribution in [0.3, 0.4) is 0 Å². The number of aromatic nitrogens is 3. The molecule has 0 aliphatic carbocycles. The Bertz CT molecular complexity index is 599. The van der Waals surface area contributed by atoms with Crippen LogP contribution < -0.4 is 5.73 Å². The van der Waals surface area contributed by atoms with Crippen molar-refractivity contribution in [2.45, 2.75) is 19.5 Å². The molecule has 0 aliphatic rings. The Labute approximate surface area is 114 Å². The normalized spacial score (nSPS) is 10.7. The van der Waals surface area contributed by atoms with Gasteiger partial charge in [-0.05, 0) is 23.8 Å². The molecule has 0 bridgehead atoms. The van der Waals surface area contributed by atoms with Crippen LogP contribution in [0, 0.1) is 5.82 Å². The van der Waals surface area contributed by atoms with Gasteiger partial charge in [-0.15, -0.1) is 5.10 Å². The van der Waals surface area contributed by atoms with Crippen LogP contribution in [0.5, 0.6) is 0 Å². The number of nitrogens with two attached hydrogens (primary N) is 1. The van der Waals surface area contributed by atoms with Crippen LogP contribution >= 0.6 is 11.6 Å². The predicted octanol–water partition coefficient (Wildman–Crippen LogP) is 1.34. The highest BCUT2D eigenvalue weighted by Crippen LogP contribution is 2.17. The SMILES string of the molecule is NCc1cn(CC(=O)Cc2cc(F)ccc2Cl)nn1. The minimum absolute atomic E-state index is 0.0500. The van der Waals surface area contributed by atoms with Gasteiger partial charge >= 0.3 is 0 Å². The molecule has 0 amide bonds. The number of carbonyl (C=O) groups excluding carboxylic acids is 1. The molecule has 1 heterocycles. The second kappa shape index (κ2) is 5.90. The number of halogens is 2. The summed E-state index contributed by atoms with van der Waals surface area (Å²) in [6.07, 6.45) is 1.65. The van der Waals surface area contributed by atoms with Crippen LogP contribution in [-0.4, -0.2) is 20.8 Å². The summed E-state index contributed by atoms with van der Waals surface area (Å²) < 4.78 is 14.5. The van der Waals surface area contributed by atoms with Gasteiger partial charge in [-0.2, -0.15) is 0 Å². The van der Waals surface area contributed by atoms with E-state index in [1.54, 1.807) is 6.20 Å². The van der Waals surface area contributed by atoms with Crippen molar-refractivity contribution in [1.29, 1.82) is 0 Å². The van der Waals surface area contributed by atoms with Gasteiger partial charge in [0.2, 0.25) is 0 Å². The predicted molar refractivity (Wildman–Crippen MR) is 68.0 cm³/mol. The van der Waals surface area contributed by atoms with E-state index in [2.05, 4.69) is 10.3 Å². The Morgan fingerprint density at radius 2 is 2.26 bits per heavy atom. The van der Waals surface area contributed by atoms with Crippen molar-refractivity contribution in [3.63, 3.8) is 0 Å². The Morgan fingerprint density at radius 3 is 2.95 bits per heavy atom. The molecule has 0 spiro atoms. The molecular formula is C12H12ClFN4O. The van der Waals surface area contributed by atoms with E-state index in [9.17, 15) is 9.18 Å². The summed E-state index contributed by atoms with van der Waals surface area (Å²) in [5, 5.41) is 7.91. The van der Waals surface area contributed by atoms with Gasteiger partial charge in [0.1, 0.15) is 12.4 Å². The van der Waals surface area contributed by atoms with E-state index in [0.717, 1.165) is 0 Å². The third-order valence-corrected chi connectivity index (χ3v) is 2.90. The fourth-order valence-corrected chi connectivity index (χ4v) is 1.82. The summed E-state index contributed by atoms with van der Waals surface area (Å²) in [4.78, 5) is 11.8. The molecule has 5 nitrogen and oxygen atoms in total. The summed E-state index contributed by atoms with van der Waals surface area (Å²) in [6, 6.07) is 3.94. The lowest BCUT2D eigenvalue weighted by Gasteiger charge is -2.04. The average molecular weight is 283 g/mol. The van der Waals surface area contributed by atoms with E-state index >= 15 is 0 Å². The Hall–Kier alpha value is -1.79. The molecule has 2 aromatic rings. The fourth-order valence-electron chi connectivity index (χ4n) is 1.64. The summed E-state index contributed by atoms with van der Waals surface area (Å²) in [5.41, 5.74) is 6.47. The topological polar surface area (TPSA) is 73.8 Å². The number of Topliss-reactive ketones (excluding diaryl/α,β-unsaturated/α-hetero) is 1. The lowest BCUT2D eigenvalue weighted by molar-refractivity contribution is -0.119. The second-order valence-corrected chi connectivity index (χ2v) is 4.47. The molecule has 100 valence electrons. The van der Waals surface area contributed by atoms with Crippen LogP contribution in [0.15, 0.2) is 24.4 Å². The number of ketones is 1. The lowest BCUT2D eigenvalue weighted by Crippen LogP contribution is -2.13. The van der Waals surface area contributed by atoms with Gasteiger partial charge in [0, 0.05) is 18.0 Å². The van der Waals surface area contributed by atoms with Crippen molar-refractivity contribution in [3.05, 3.63) is 46.5 Å². The van der Waals surface area contributed by atoms with Gasteiger partial charge in [0.25, 0.3) is 0 Å². The molecule has 19 heavy (non-hydrogen) atoms. The standard InChI is InChI=1S/C12H12ClFN4O/c13-12-2-1-9(14)3-8(12)4-11(19)7-18-6-10(5-15)16-17-18/h1-3,6H,4-5,7,15H2. The largest absolute Gasteiger partial charge is 0.325 e. The molecule has 7 heteroatoms. The zero-order valence-electron chi connectivity index (χ0n) is 10.0. The van der Waals surface area contributed by atoms with E-state index in [1.165, 1.54) is 22.9 Å². The average Bonchev–Trinajstić information content (AvgIpc) is 2.81. The van der Waals surface area contributed by atoms with Crippen LogP contribution in [0.2, 0.25) is 5.02 Å². The Morgan fingerprint density at radius 1 is 1.47 bits per heavy atom. The maximum absolute atomic E-state index is 13.1. The van der Waals surface area contributed by atoms with Crippen LogP contribution in [-0.2, 0) is 24.3 Å². The highest BCUT2D eigenvalue weighted by Gasteiger charge is 2.10. The first kappa shape index (κ1) is 13.6. The first-order chi connectivity index (χ1) is 9.08. The van der Waals surface area contributed by atoms with Crippen molar-refractivity contribution in [3.8, 4) is 0 Å². The van der Waals surface area contributed by atoms with Gasteiger partial charge in [-0.1, -0.05) is 16.8 Å². The first-order valence-corrected chi connectivity index (χ1v) is 6.01. The molecule has 1 aromatic heterocycles. The van der Waals surface area contributed by atoms with Crippen molar-refractivity contribution in [2.75, 3.05) is 0 Å². The van der Waals surface area contributed by atoms with Crippen LogP contribution in [0.25, 0.3) is 0 Å². The number of benzene rings is 1. The minimum Gasteiger partial charge on any atom is -0.325 e. The van der Waals surface area contributed by atoms with Crippen molar-refractivity contribution >= 4 is 17.4 Å². The summed E-state index contributed by atoms with van der Waals surface area (Å²) in [7, 11) is 0. The van der Waals surface area contributed by atoms with Crippen molar-refractivity contribution in [1.82, 2.24) is 15.0 Å². The molecule has 0 radical (unpaired) electrons. The molecule has 1 aromatic carbocycles. The fraction of sp³-hybridized carbons (Fsp3) is 0.250. The number of hydrogen-bond donors (Lipinski definition) is 1. The van der Waals surface area contributed by atoms with Gasteiger partial charge < -0.3 is 5.73 Å². The zero-order valence-corrected chi connectivity index (χ0v) is 10.8. The summed E-state index contributed by atoms with van der Waals surface area (Å²) in [6.45, 7) is 0.323. The van der Waals surface area contributed by atoms with E-state index in [4.69, 9.17) is 17.3 Å². The minimum atomic E-state index is -0.418. The highest BCUT2D eigenvalue weighted by atomic mass is 35.5. The van der Waals surface area contributed by atoms with E-state index in [1.807, 2.05) is 0 Å². The summed E-state index contributed by atoms with van der Waals surface area (Å²) in [5.74, 6) is -0.556. The third-order valence-electron chi connectivity index (χ3n) is 2.53. The Kier molecular flexibility index (Phi) is 4.24. The molecule has 0 atom stereocenters. The summed E-state index contributed by atoms with van der Waals surface area (Å²) >= 11 is 5.90. The third kappa shape index (κ3) is 3.59. The van der Waals surface area contributed by atoms with Crippen LogP contribution in [0.4, 0.5) is 4.39 Å². The monoisotopic (exact) mass is 282 g/mol. The zero-order chi connectivity index (χ0) is 13.8. The number of hydrogen-bond acceptors (Lipinski definition) is 4. The molecule has 0 saturated heterocycles. The maximum atomic E-state index is 13.1. The number of rotatable bonds is 5. The Balaban J connectivity index is 2.03.